The summed E-state index contributed by atoms with van der Waals surface area (Å²) in [4.78, 5) is 14.7. The Bertz CT molecular complexity index is 744. The molecule has 1 aliphatic heterocycles. The molecule has 0 radical (unpaired) electrons. The van der Waals surface area contributed by atoms with Crippen molar-refractivity contribution in [3.05, 3.63) is 46.2 Å². The molecule has 2 heterocycles. The first-order valence-electron chi connectivity index (χ1n) is 8.05. The van der Waals surface area contributed by atoms with Crippen LogP contribution in [-0.4, -0.2) is 39.2 Å². The van der Waals surface area contributed by atoms with Crippen molar-refractivity contribution in [2.75, 3.05) is 6.54 Å². The number of carbonyl (C=O) groups is 1. The van der Waals surface area contributed by atoms with Crippen molar-refractivity contribution in [2.45, 2.75) is 38.3 Å². The minimum atomic E-state index is -0.0733. The van der Waals surface area contributed by atoms with Crippen molar-refractivity contribution in [2.24, 2.45) is 5.73 Å². The molecule has 2 atom stereocenters. The summed E-state index contributed by atoms with van der Waals surface area (Å²) in [5.41, 5.74) is 7.22. The minimum Gasteiger partial charge on any atom is -0.333 e. The van der Waals surface area contributed by atoms with Crippen LogP contribution in [0.4, 0.5) is 0 Å². The molecule has 1 aromatic carbocycles. The monoisotopic (exact) mass is 366 g/mol. The first-order chi connectivity index (χ1) is 11.5. The van der Waals surface area contributed by atoms with E-state index in [2.05, 4.69) is 5.10 Å². The van der Waals surface area contributed by atoms with E-state index in [4.69, 9.17) is 28.9 Å². The van der Waals surface area contributed by atoms with Gasteiger partial charge in [-0.2, -0.15) is 5.10 Å². The van der Waals surface area contributed by atoms with Crippen molar-refractivity contribution in [1.82, 2.24) is 14.7 Å². The minimum absolute atomic E-state index is 0.0496. The summed E-state index contributed by atoms with van der Waals surface area (Å²) in [6, 6.07) is 6.97. The summed E-state index contributed by atoms with van der Waals surface area (Å²) < 4.78 is 1.63. The van der Waals surface area contributed by atoms with Gasteiger partial charge in [0.25, 0.3) is 5.91 Å². The average molecular weight is 367 g/mol. The molecule has 1 saturated heterocycles. The highest BCUT2D eigenvalue weighted by Gasteiger charge is 2.30. The third-order valence-corrected chi connectivity index (χ3v) is 5.13. The zero-order valence-electron chi connectivity index (χ0n) is 13.5. The highest BCUT2D eigenvalue weighted by Crippen LogP contribution is 2.25. The van der Waals surface area contributed by atoms with Gasteiger partial charge in [-0.15, -0.1) is 0 Å². The van der Waals surface area contributed by atoms with Crippen LogP contribution in [0.15, 0.2) is 30.5 Å². The Morgan fingerprint density at radius 3 is 2.79 bits per heavy atom. The third-order valence-electron chi connectivity index (χ3n) is 4.39. The first kappa shape index (κ1) is 17.3. The molecule has 0 bridgehead atoms. The van der Waals surface area contributed by atoms with Gasteiger partial charge < -0.3 is 10.6 Å². The molecule has 3 rings (SSSR count). The number of benzene rings is 1. The van der Waals surface area contributed by atoms with E-state index in [1.54, 1.807) is 35.1 Å². The van der Waals surface area contributed by atoms with Gasteiger partial charge in [-0.1, -0.05) is 23.2 Å². The zero-order valence-corrected chi connectivity index (χ0v) is 15.0. The molecule has 1 fully saturated rings. The summed E-state index contributed by atoms with van der Waals surface area (Å²) in [5, 5.41) is 5.34. The Morgan fingerprint density at radius 1 is 1.29 bits per heavy atom. The first-order valence-corrected chi connectivity index (χ1v) is 8.80. The van der Waals surface area contributed by atoms with Crippen LogP contribution >= 0.6 is 23.2 Å². The van der Waals surface area contributed by atoms with E-state index in [1.807, 2.05) is 11.8 Å². The Morgan fingerprint density at radius 2 is 2.08 bits per heavy atom. The predicted molar refractivity (Wildman–Crippen MR) is 95.9 cm³/mol. The molecule has 0 spiro atoms. The van der Waals surface area contributed by atoms with Gasteiger partial charge in [-0.25, -0.2) is 4.68 Å². The van der Waals surface area contributed by atoms with Crippen LogP contribution in [0.3, 0.4) is 0 Å². The summed E-state index contributed by atoms with van der Waals surface area (Å²) in [5.74, 6) is -0.0733. The normalized spacial score (nSPS) is 19.3. The van der Waals surface area contributed by atoms with Crippen LogP contribution in [0.25, 0.3) is 5.69 Å². The van der Waals surface area contributed by atoms with E-state index in [-0.39, 0.29) is 18.0 Å². The zero-order chi connectivity index (χ0) is 17.3. The van der Waals surface area contributed by atoms with E-state index in [0.717, 1.165) is 31.5 Å². The van der Waals surface area contributed by atoms with Gasteiger partial charge >= 0.3 is 0 Å². The van der Waals surface area contributed by atoms with Crippen molar-refractivity contribution < 1.29 is 4.79 Å². The fourth-order valence-corrected chi connectivity index (χ4v) is 3.40. The largest absolute Gasteiger partial charge is 0.333 e. The SMILES string of the molecule is CC(N)C1CCCCN1C(=O)c1ccn(-c2ccc(Cl)c(Cl)c2)n1. The number of aromatic nitrogens is 2. The van der Waals surface area contributed by atoms with E-state index in [1.165, 1.54) is 0 Å². The van der Waals surface area contributed by atoms with E-state index >= 15 is 0 Å². The molecule has 2 unspecified atom stereocenters. The lowest BCUT2D eigenvalue weighted by molar-refractivity contribution is 0.0577. The predicted octanol–water partition coefficient (Wildman–Crippen LogP) is 3.52. The Kier molecular flexibility index (Phi) is 5.13. The number of likely N-dealkylation sites (tertiary alicyclic amines) is 1. The van der Waals surface area contributed by atoms with Crippen LogP contribution in [-0.2, 0) is 0 Å². The van der Waals surface area contributed by atoms with Crippen LogP contribution in [0.2, 0.25) is 10.0 Å². The number of hydrogen-bond acceptors (Lipinski definition) is 3. The van der Waals surface area contributed by atoms with Gasteiger partial charge in [0.2, 0.25) is 0 Å². The Hall–Kier alpha value is -1.56. The molecule has 0 saturated carbocycles. The highest BCUT2D eigenvalue weighted by atomic mass is 35.5. The van der Waals surface area contributed by atoms with Gasteiger partial charge in [0.05, 0.1) is 15.7 Å². The maximum absolute atomic E-state index is 12.8. The lowest BCUT2D eigenvalue weighted by Crippen LogP contribution is -2.51. The van der Waals surface area contributed by atoms with Crippen LogP contribution in [0.5, 0.6) is 0 Å². The number of piperidine rings is 1. The van der Waals surface area contributed by atoms with Crippen molar-refractivity contribution in [3.63, 3.8) is 0 Å². The number of amides is 1. The highest BCUT2D eigenvalue weighted by molar-refractivity contribution is 6.42. The fourth-order valence-electron chi connectivity index (χ4n) is 3.11. The summed E-state index contributed by atoms with van der Waals surface area (Å²) >= 11 is 12.0. The van der Waals surface area contributed by atoms with Crippen molar-refractivity contribution in [1.29, 1.82) is 0 Å². The maximum Gasteiger partial charge on any atom is 0.274 e. The molecule has 1 amide bonds. The maximum atomic E-state index is 12.8. The van der Waals surface area contributed by atoms with Gasteiger partial charge in [-0.05, 0) is 50.5 Å². The van der Waals surface area contributed by atoms with Crippen LogP contribution in [0, 0.1) is 0 Å². The fraction of sp³-hybridized carbons (Fsp3) is 0.412. The molecule has 128 valence electrons. The van der Waals surface area contributed by atoms with Gasteiger partial charge in [-0.3, -0.25) is 4.79 Å². The topological polar surface area (TPSA) is 64.2 Å². The molecular formula is C17H20Cl2N4O. The second-order valence-corrected chi connectivity index (χ2v) is 6.98. The second kappa shape index (κ2) is 7.13. The van der Waals surface area contributed by atoms with Gasteiger partial charge in [0.15, 0.2) is 5.69 Å². The number of carbonyl (C=O) groups excluding carboxylic acids is 1. The number of halogens is 2. The lowest BCUT2D eigenvalue weighted by Gasteiger charge is -2.37. The molecule has 7 heteroatoms. The van der Waals surface area contributed by atoms with Crippen molar-refractivity contribution in [3.8, 4) is 5.69 Å². The smallest absolute Gasteiger partial charge is 0.274 e. The molecule has 1 aromatic heterocycles. The summed E-state index contributed by atoms with van der Waals surface area (Å²) in [6.07, 6.45) is 4.80. The van der Waals surface area contributed by atoms with Gasteiger partial charge in [0, 0.05) is 24.8 Å². The Balaban J connectivity index is 1.84. The van der Waals surface area contributed by atoms with Gasteiger partial charge in [0.1, 0.15) is 0 Å². The average Bonchev–Trinajstić information content (AvgIpc) is 3.06. The van der Waals surface area contributed by atoms with Crippen LogP contribution in [0.1, 0.15) is 36.7 Å². The van der Waals surface area contributed by atoms with E-state index in [9.17, 15) is 4.79 Å². The van der Waals surface area contributed by atoms with Crippen LogP contribution < -0.4 is 5.73 Å². The molecule has 5 nitrogen and oxygen atoms in total. The Labute approximate surface area is 151 Å². The summed E-state index contributed by atoms with van der Waals surface area (Å²) in [7, 11) is 0. The molecular weight excluding hydrogens is 347 g/mol. The molecule has 0 aliphatic carbocycles. The number of rotatable bonds is 3. The van der Waals surface area contributed by atoms with E-state index < -0.39 is 0 Å². The van der Waals surface area contributed by atoms with E-state index in [0.29, 0.717) is 15.7 Å². The number of hydrogen-bond donors (Lipinski definition) is 1. The third kappa shape index (κ3) is 3.43. The summed E-state index contributed by atoms with van der Waals surface area (Å²) in [6.45, 7) is 2.68. The standard InChI is InChI=1S/C17H20Cl2N4O/c1-11(20)16-4-2-3-8-22(16)17(24)15-7-9-23(21-15)12-5-6-13(18)14(19)10-12/h5-7,9-11,16H,2-4,8,20H2,1H3. The number of nitrogens with zero attached hydrogens (tertiary/aromatic N) is 3. The lowest BCUT2D eigenvalue weighted by atomic mass is 9.96. The second-order valence-electron chi connectivity index (χ2n) is 6.16. The molecule has 24 heavy (non-hydrogen) atoms. The molecule has 1 aliphatic rings. The molecule has 2 aromatic rings. The van der Waals surface area contributed by atoms with Crippen molar-refractivity contribution >= 4 is 29.1 Å². The number of nitrogens with two attached hydrogens (primary N) is 1. The quantitative estimate of drug-likeness (QED) is 0.903. The molecule has 2 N–H and O–H groups in total.